The molecule has 0 radical (unpaired) electrons. The summed E-state index contributed by atoms with van der Waals surface area (Å²) in [5.41, 5.74) is 0.110. The monoisotopic (exact) mass is 293 g/mol. The van der Waals surface area contributed by atoms with Gasteiger partial charge in [0.2, 0.25) is 0 Å². The standard InChI is InChI=1S/C14H19F4NO/c1-13(2,3)19-8-12(20-9-14(16,17)18)10-5-4-6-11(15)7-10/h4-7,12,19H,8-9H2,1-3H3. The second-order valence-corrected chi connectivity index (χ2v) is 5.60. The highest BCUT2D eigenvalue weighted by Gasteiger charge is 2.30. The van der Waals surface area contributed by atoms with E-state index in [2.05, 4.69) is 5.32 Å². The molecule has 0 aliphatic heterocycles. The second kappa shape index (κ2) is 6.54. The third-order valence-corrected chi connectivity index (χ3v) is 2.49. The summed E-state index contributed by atoms with van der Waals surface area (Å²) >= 11 is 0. The first-order valence-corrected chi connectivity index (χ1v) is 6.26. The average Bonchev–Trinajstić information content (AvgIpc) is 2.26. The molecule has 0 spiro atoms. The zero-order chi connectivity index (χ0) is 15.4. The molecule has 0 heterocycles. The van der Waals surface area contributed by atoms with E-state index < -0.39 is 24.7 Å². The predicted octanol–water partition coefficient (Wildman–Crippen LogP) is 3.83. The summed E-state index contributed by atoms with van der Waals surface area (Å²) < 4.78 is 54.9. The van der Waals surface area contributed by atoms with Gasteiger partial charge >= 0.3 is 6.18 Å². The molecule has 0 aliphatic rings. The Kier molecular flexibility index (Phi) is 5.53. The Balaban J connectivity index is 2.78. The molecule has 0 bridgehead atoms. The zero-order valence-electron chi connectivity index (χ0n) is 11.7. The first-order valence-electron chi connectivity index (χ1n) is 6.26. The molecule has 1 N–H and O–H groups in total. The van der Waals surface area contributed by atoms with Crippen molar-refractivity contribution < 1.29 is 22.3 Å². The molecule has 6 heteroatoms. The highest BCUT2D eigenvalue weighted by atomic mass is 19.4. The summed E-state index contributed by atoms with van der Waals surface area (Å²) in [6, 6.07) is 5.42. The van der Waals surface area contributed by atoms with Crippen molar-refractivity contribution in [3.63, 3.8) is 0 Å². The molecule has 0 aliphatic carbocycles. The summed E-state index contributed by atoms with van der Waals surface area (Å²) in [7, 11) is 0. The van der Waals surface area contributed by atoms with Gasteiger partial charge in [-0.3, -0.25) is 0 Å². The minimum absolute atomic E-state index is 0.170. The molecule has 1 unspecified atom stereocenters. The molecule has 1 atom stereocenters. The van der Waals surface area contributed by atoms with Crippen LogP contribution in [-0.2, 0) is 4.74 Å². The van der Waals surface area contributed by atoms with Gasteiger partial charge in [0.25, 0.3) is 0 Å². The van der Waals surface area contributed by atoms with Crippen molar-refractivity contribution >= 4 is 0 Å². The van der Waals surface area contributed by atoms with Gasteiger partial charge in [0.1, 0.15) is 12.4 Å². The van der Waals surface area contributed by atoms with Gasteiger partial charge in [-0.25, -0.2) is 4.39 Å². The Morgan fingerprint density at radius 1 is 1.20 bits per heavy atom. The normalized spacial score (nSPS) is 14.3. The molecule has 0 saturated heterocycles. The van der Waals surface area contributed by atoms with E-state index in [1.165, 1.54) is 18.2 Å². The zero-order valence-corrected chi connectivity index (χ0v) is 11.7. The van der Waals surface area contributed by atoms with E-state index in [1.807, 2.05) is 20.8 Å². The minimum atomic E-state index is -4.41. The molecule has 1 aromatic carbocycles. The maximum Gasteiger partial charge on any atom is 0.411 e. The van der Waals surface area contributed by atoms with Crippen LogP contribution in [0.5, 0.6) is 0 Å². The van der Waals surface area contributed by atoms with Crippen molar-refractivity contribution in [2.24, 2.45) is 0 Å². The van der Waals surface area contributed by atoms with Gasteiger partial charge in [-0.1, -0.05) is 12.1 Å². The molecule has 1 rings (SSSR count). The van der Waals surface area contributed by atoms with Gasteiger partial charge in [0.05, 0.1) is 6.10 Å². The van der Waals surface area contributed by atoms with E-state index in [9.17, 15) is 17.6 Å². The topological polar surface area (TPSA) is 21.3 Å². The Bertz CT molecular complexity index is 408. The average molecular weight is 293 g/mol. The Morgan fingerprint density at radius 3 is 2.35 bits per heavy atom. The third-order valence-electron chi connectivity index (χ3n) is 2.49. The van der Waals surface area contributed by atoms with Crippen LogP contribution in [0.15, 0.2) is 24.3 Å². The fourth-order valence-corrected chi connectivity index (χ4v) is 1.57. The Hall–Kier alpha value is -1.14. The summed E-state index contributed by atoms with van der Waals surface area (Å²) in [5.74, 6) is -0.501. The number of rotatable bonds is 5. The van der Waals surface area contributed by atoms with Crippen LogP contribution in [0, 0.1) is 5.82 Å². The molecule has 0 saturated carbocycles. The van der Waals surface area contributed by atoms with Crippen LogP contribution >= 0.6 is 0 Å². The van der Waals surface area contributed by atoms with Crippen LogP contribution < -0.4 is 5.32 Å². The Labute approximate surface area is 116 Å². The van der Waals surface area contributed by atoms with Gasteiger partial charge in [-0.05, 0) is 38.5 Å². The molecule has 1 aromatic rings. The van der Waals surface area contributed by atoms with Crippen molar-refractivity contribution in [2.75, 3.05) is 13.2 Å². The molecule has 2 nitrogen and oxygen atoms in total. The van der Waals surface area contributed by atoms with E-state index in [0.29, 0.717) is 5.56 Å². The lowest BCUT2D eigenvalue weighted by Crippen LogP contribution is -2.39. The van der Waals surface area contributed by atoms with Gasteiger partial charge < -0.3 is 10.1 Å². The van der Waals surface area contributed by atoms with Gasteiger partial charge in [-0.2, -0.15) is 13.2 Å². The number of hydrogen-bond donors (Lipinski definition) is 1. The van der Waals surface area contributed by atoms with Crippen LogP contribution in [0.25, 0.3) is 0 Å². The van der Waals surface area contributed by atoms with E-state index in [1.54, 1.807) is 6.07 Å². The molecule has 114 valence electrons. The lowest BCUT2D eigenvalue weighted by molar-refractivity contribution is -0.186. The summed E-state index contributed by atoms with van der Waals surface area (Å²) in [4.78, 5) is 0. The minimum Gasteiger partial charge on any atom is -0.363 e. The van der Waals surface area contributed by atoms with Crippen LogP contribution in [0.4, 0.5) is 17.6 Å². The van der Waals surface area contributed by atoms with Crippen LogP contribution in [-0.4, -0.2) is 24.9 Å². The second-order valence-electron chi connectivity index (χ2n) is 5.60. The SMILES string of the molecule is CC(C)(C)NCC(OCC(F)(F)F)c1cccc(F)c1. The largest absolute Gasteiger partial charge is 0.411 e. The van der Waals surface area contributed by atoms with Gasteiger partial charge in [-0.15, -0.1) is 0 Å². The fourth-order valence-electron chi connectivity index (χ4n) is 1.57. The summed E-state index contributed by atoms with van der Waals surface area (Å²) in [5, 5.41) is 3.06. The molecule has 0 aromatic heterocycles. The molecule has 0 amide bonds. The molecular weight excluding hydrogens is 274 g/mol. The fraction of sp³-hybridized carbons (Fsp3) is 0.571. The molecule has 20 heavy (non-hydrogen) atoms. The summed E-state index contributed by atoms with van der Waals surface area (Å²) in [6.07, 6.45) is -5.26. The highest BCUT2D eigenvalue weighted by molar-refractivity contribution is 5.19. The van der Waals surface area contributed by atoms with Crippen LogP contribution in [0.2, 0.25) is 0 Å². The lowest BCUT2D eigenvalue weighted by Gasteiger charge is -2.26. The molecular formula is C14H19F4NO. The van der Waals surface area contributed by atoms with Crippen molar-refractivity contribution in [2.45, 2.75) is 38.6 Å². The van der Waals surface area contributed by atoms with Gasteiger partial charge in [0.15, 0.2) is 0 Å². The number of hydrogen-bond acceptors (Lipinski definition) is 2. The smallest absolute Gasteiger partial charge is 0.363 e. The van der Waals surface area contributed by atoms with Crippen molar-refractivity contribution in [3.05, 3.63) is 35.6 Å². The predicted molar refractivity (Wildman–Crippen MR) is 68.9 cm³/mol. The maximum atomic E-state index is 13.2. The van der Waals surface area contributed by atoms with E-state index in [4.69, 9.17) is 4.74 Å². The maximum absolute atomic E-state index is 13.2. The Morgan fingerprint density at radius 2 is 1.85 bits per heavy atom. The van der Waals surface area contributed by atoms with Crippen LogP contribution in [0.3, 0.4) is 0 Å². The number of nitrogens with one attached hydrogen (secondary N) is 1. The summed E-state index contributed by atoms with van der Waals surface area (Å²) in [6.45, 7) is 4.47. The van der Waals surface area contributed by atoms with E-state index in [0.717, 1.165) is 0 Å². The number of halogens is 4. The van der Waals surface area contributed by atoms with E-state index >= 15 is 0 Å². The first kappa shape index (κ1) is 16.9. The number of alkyl halides is 3. The van der Waals surface area contributed by atoms with Crippen molar-refractivity contribution in [1.82, 2.24) is 5.32 Å². The highest BCUT2D eigenvalue weighted by Crippen LogP contribution is 2.23. The number of benzene rings is 1. The third kappa shape index (κ3) is 6.86. The quantitative estimate of drug-likeness (QED) is 0.833. The van der Waals surface area contributed by atoms with E-state index in [-0.39, 0.29) is 12.1 Å². The van der Waals surface area contributed by atoms with Crippen LogP contribution in [0.1, 0.15) is 32.4 Å². The van der Waals surface area contributed by atoms with Crippen molar-refractivity contribution in [1.29, 1.82) is 0 Å². The first-order chi connectivity index (χ1) is 9.07. The van der Waals surface area contributed by atoms with Gasteiger partial charge in [0, 0.05) is 12.1 Å². The van der Waals surface area contributed by atoms with Crippen molar-refractivity contribution in [3.8, 4) is 0 Å². The number of ether oxygens (including phenoxy) is 1. The lowest BCUT2D eigenvalue weighted by atomic mass is 10.1. The molecule has 0 fully saturated rings.